The van der Waals surface area contributed by atoms with Gasteiger partial charge in [-0.05, 0) is 18.2 Å². The smallest absolute Gasteiger partial charge is 0.130 e. The minimum absolute atomic E-state index is 0.250. The van der Waals surface area contributed by atoms with E-state index in [2.05, 4.69) is 0 Å². The van der Waals surface area contributed by atoms with Crippen molar-refractivity contribution in [3.63, 3.8) is 0 Å². The summed E-state index contributed by atoms with van der Waals surface area (Å²) in [6, 6.07) is 10.2. The molecule has 2 aromatic carbocycles. The monoisotopic (exact) mass is 262 g/mol. The van der Waals surface area contributed by atoms with Crippen LogP contribution in [-0.4, -0.2) is 5.11 Å². The number of benzene rings is 2. The molecule has 2 nitrogen and oxygen atoms in total. The van der Waals surface area contributed by atoms with Crippen molar-refractivity contribution in [1.29, 1.82) is 0 Å². The molecule has 0 bridgehead atoms. The van der Waals surface area contributed by atoms with E-state index in [9.17, 15) is 13.9 Å². The fourth-order valence-corrected chi connectivity index (χ4v) is 2.34. The van der Waals surface area contributed by atoms with E-state index in [4.69, 9.17) is 4.74 Å². The Labute approximate surface area is 109 Å². The van der Waals surface area contributed by atoms with Gasteiger partial charge in [-0.2, -0.15) is 0 Å². The number of ether oxygens (including phenoxy) is 1. The fraction of sp³-hybridized carbons (Fsp3) is 0.200. The van der Waals surface area contributed by atoms with Crippen LogP contribution in [0, 0.1) is 11.6 Å². The van der Waals surface area contributed by atoms with E-state index in [0.717, 1.165) is 0 Å². The summed E-state index contributed by atoms with van der Waals surface area (Å²) in [7, 11) is 0. The molecule has 0 fully saturated rings. The van der Waals surface area contributed by atoms with E-state index in [1.165, 1.54) is 24.3 Å². The molecule has 0 amide bonds. The van der Waals surface area contributed by atoms with Gasteiger partial charge in [0.15, 0.2) is 0 Å². The number of halogens is 2. The molecule has 3 rings (SSSR count). The van der Waals surface area contributed by atoms with Gasteiger partial charge in [0.25, 0.3) is 0 Å². The first kappa shape index (κ1) is 12.1. The molecule has 1 aliphatic rings. The van der Waals surface area contributed by atoms with Gasteiger partial charge in [-0.25, -0.2) is 8.78 Å². The minimum atomic E-state index is -0.783. The van der Waals surface area contributed by atoms with Crippen LogP contribution in [0.1, 0.15) is 29.8 Å². The quantitative estimate of drug-likeness (QED) is 0.852. The molecule has 2 unspecified atom stereocenters. The highest BCUT2D eigenvalue weighted by atomic mass is 19.1. The summed E-state index contributed by atoms with van der Waals surface area (Å²) in [5.74, 6) is -0.563. The molecule has 2 aromatic rings. The van der Waals surface area contributed by atoms with Crippen molar-refractivity contribution in [3.8, 4) is 5.75 Å². The Bertz CT molecular complexity index is 613. The lowest BCUT2D eigenvalue weighted by molar-refractivity contribution is 0.0636. The molecular weight excluding hydrogens is 250 g/mol. The molecular formula is C15H12F2O2. The van der Waals surface area contributed by atoms with Gasteiger partial charge in [-0.3, -0.25) is 0 Å². The second kappa shape index (κ2) is 4.63. The number of fused-ring (bicyclic) bond motifs is 1. The Balaban J connectivity index is 1.99. The summed E-state index contributed by atoms with van der Waals surface area (Å²) >= 11 is 0. The Kier molecular flexibility index (Phi) is 2.95. The van der Waals surface area contributed by atoms with Crippen molar-refractivity contribution in [2.45, 2.75) is 18.6 Å². The van der Waals surface area contributed by atoms with Gasteiger partial charge in [0, 0.05) is 23.6 Å². The molecule has 1 aliphatic heterocycles. The average molecular weight is 262 g/mol. The second-order valence-electron chi connectivity index (χ2n) is 4.56. The minimum Gasteiger partial charge on any atom is -0.485 e. The summed E-state index contributed by atoms with van der Waals surface area (Å²) in [5.41, 5.74) is 0.908. The number of aliphatic hydroxyl groups is 1. The topological polar surface area (TPSA) is 29.5 Å². The van der Waals surface area contributed by atoms with Crippen LogP contribution in [-0.2, 0) is 0 Å². The van der Waals surface area contributed by atoms with Crippen LogP contribution in [0.2, 0.25) is 0 Å². The standard InChI is InChI=1S/C15H12F2O2/c16-9-5-6-11-13(18)8-15(19-14(11)7-9)10-3-1-2-4-12(10)17/h1-7,13,15,18H,8H2. The van der Waals surface area contributed by atoms with Crippen molar-refractivity contribution in [2.24, 2.45) is 0 Å². The molecule has 0 aromatic heterocycles. The maximum atomic E-state index is 13.7. The van der Waals surface area contributed by atoms with Gasteiger partial charge in [-0.1, -0.05) is 18.2 Å². The average Bonchev–Trinajstić information content (AvgIpc) is 2.38. The lowest BCUT2D eigenvalue weighted by Gasteiger charge is -2.30. The Morgan fingerprint density at radius 1 is 1.05 bits per heavy atom. The first-order chi connectivity index (χ1) is 9.15. The van der Waals surface area contributed by atoms with Crippen LogP contribution in [0.15, 0.2) is 42.5 Å². The highest BCUT2D eigenvalue weighted by molar-refractivity contribution is 5.39. The van der Waals surface area contributed by atoms with Crippen molar-refractivity contribution < 1.29 is 18.6 Å². The predicted octanol–water partition coefficient (Wildman–Crippen LogP) is 3.52. The van der Waals surface area contributed by atoms with E-state index in [0.29, 0.717) is 11.1 Å². The molecule has 0 spiro atoms. The van der Waals surface area contributed by atoms with Crippen molar-refractivity contribution in [3.05, 3.63) is 65.2 Å². The third-order valence-corrected chi connectivity index (χ3v) is 3.29. The maximum absolute atomic E-state index is 13.7. The highest BCUT2D eigenvalue weighted by Crippen LogP contribution is 2.41. The van der Waals surface area contributed by atoms with E-state index >= 15 is 0 Å². The van der Waals surface area contributed by atoms with Gasteiger partial charge in [-0.15, -0.1) is 0 Å². The fourth-order valence-electron chi connectivity index (χ4n) is 2.34. The third kappa shape index (κ3) is 2.19. The highest BCUT2D eigenvalue weighted by Gasteiger charge is 2.29. The summed E-state index contributed by atoms with van der Waals surface area (Å²) in [6.07, 6.45) is -1.14. The second-order valence-corrected chi connectivity index (χ2v) is 4.56. The number of hydrogen-bond acceptors (Lipinski definition) is 2. The van der Waals surface area contributed by atoms with Gasteiger partial charge < -0.3 is 9.84 Å². The summed E-state index contributed by atoms with van der Waals surface area (Å²) in [4.78, 5) is 0. The van der Waals surface area contributed by atoms with Crippen LogP contribution < -0.4 is 4.74 Å². The number of hydrogen-bond donors (Lipinski definition) is 1. The molecule has 0 saturated heterocycles. The molecule has 1 heterocycles. The number of rotatable bonds is 1. The van der Waals surface area contributed by atoms with Crippen LogP contribution in [0.4, 0.5) is 8.78 Å². The first-order valence-electron chi connectivity index (χ1n) is 6.04. The van der Waals surface area contributed by atoms with E-state index in [1.807, 2.05) is 0 Å². The lowest BCUT2D eigenvalue weighted by Crippen LogP contribution is -2.20. The SMILES string of the molecule is OC1CC(c2ccccc2F)Oc2cc(F)ccc21. The van der Waals surface area contributed by atoms with Gasteiger partial charge in [0.2, 0.25) is 0 Å². The van der Waals surface area contributed by atoms with Crippen LogP contribution >= 0.6 is 0 Å². The molecule has 0 radical (unpaired) electrons. The van der Waals surface area contributed by atoms with Crippen LogP contribution in [0.3, 0.4) is 0 Å². The van der Waals surface area contributed by atoms with Crippen LogP contribution in [0.5, 0.6) is 5.75 Å². The zero-order valence-corrected chi connectivity index (χ0v) is 10.0. The third-order valence-electron chi connectivity index (χ3n) is 3.29. The normalized spacial score (nSPS) is 21.6. The largest absolute Gasteiger partial charge is 0.485 e. The summed E-state index contributed by atoms with van der Waals surface area (Å²) in [5, 5.41) is 10.0. The predicted molar refractivity (Wildman–Crippen MR) is 65.7 cm³/mol. The molecule has 19 heavy (non-hydrogen) atoms. The Morgan fingerprint density at radius 2 is 1.84 bits per heavy atom. The molecule has 98 valence electrons. The van der Waals surface area contributed by atoms with Gasteiger partial charge in [0.05, 0.1) is 6.10 Å². The van der Waals surface area contributed by atoms with Crippen molar-refractivity contribution in [2.75, 3.05) is 0 Å². The van der Waals surface area contributed by atoms with Gasteiger partial charge in [0.1, 0.15) is 23.5 Å². The molecule has 1 N–H and O–H groups in total. The summed E-state index contributed by atoms with van der Waals surface area (Å²) in [6.45, 7) is 0. The zero-order chi connectivity index (χ0) is 13.4. The van der Waals surface area contributed by atoms with Crippen molar-refractivity contribution in [1.82, 2.24) is 0 Å². The molecule has 0 aliphatic carbocycles. The molecule has 2 atom stereocenters. The first-order valence-corrected chi connectivity index (χ1v) is 6.04. The molecule has 0 saturated carbocycles. The van der Waals surface area contributed by atoms with E-state index < -0.39 is 18.0 Å². The lowest BCUT2D eigenvalue weighted by atomic mass is 9.95. The maximum Gasteiger partial charge on any atom is 0.130 e. The van der Waals surface area contributed by atoms with Crippen molar-refractivity contribution >= 4 is 0 Å². The van der Waals surface area contributed by atoms with Crippen LogP contribution in [0.25, 0.3) is 0 Å². The Hall–Kier alpha value is -1.94. The van der Waals surface area contributed by atoms with Gasteiger partial charge >= 0.3 is 0 Å². The Morgan fingerprint density at radius 3 is 2.63 bits per heavy atom. The van der Waals surface area contributed by atoms with E-state index in [1.54, 1.807) is 18.2 Å². The number of aliphatic hydroxyl groups excluding tert-OH is 1. The molecule has 4 heteroatoms. The summed E-state index contributed by atoms with van der Waals surface area (Å²) < 4.78 is 32.5. The zero-order valence-electron chi connectivity index (χ0n) is 10.0. The van der Waals surface area contributed by atoms with E-state index in [-0.39, 0.29) is 18.0 Å².